The average molecular weight is 667 g/mol. The van der Waals surface area contributed by atoms with Gasteiger partial charge in [0.25, 0.3) is 0 Å². The molecule has 0 aliphatic heterocycles. The second-order valence-electron chi connectivity index (χ2n) is 16.3. The minimum Gasteiger partial charge on any atom is -0.0642 e. The highest BCUT2D eigenvalue weighted by molar-refractivity contribution is 5.94. The molecule has 0 heteroatoms. The molecule has 0 bridgehead atoms. The van der Waals surface area contributed by atoms with E-state index in [-0.39, 0.29) is 5.92 Å². The van der Waals surface area contributed by atoms with Crippen LogP contribution < -0.4 is 0 Å². The molecule has 0 spiro atoms. The third kappa shape index (κ3) is 5.49. The molecule has 0 fully saturated rings. The van der Waals surface area contributed by atoms with Crippen LogP contribution in [0.5, 0.6) is 0 Å². The summed E-state index contributed by atoms with van der Waals surface area (Å²) in [5.41, 5.74) is 32.0. The second kappa shape index (κ2) is 12.7. The summed E-state index contributed by atoms with van der Waals surface area (Å²) in [6, 6.07) is 24.3. The molecular weight excluding hydrogens is 613 g/mol. The zero-order valence-electron chi connectivity index (χ0n) is 32.6. The first-order valence-electron chi connectivity index (χ1n) is 19.5. The smallest absolute Gasteiger partial charge is 0.0168 e. The first kappa shape index (κ1) is 33.7. The summed E-state index contributed by atoms with van der Waals surface area (Å²) in [6.07, 6.45) is 10.8. The number of allylic oxidation sites excluding steroid dienone is 2. The fourth-order valence-corrected chi connectivity index (χ4v) is 10.6. The van der Waals surface area contributed by atoms with Crippen LogP contribution in [0.25, 0.3) is 45.5 Å². The third-order valence-corrected chi connectivity index (χ3v) is 12.2. The van der Waals surface area contributed by atoms with Crippen molar-refractivity contribution in [2.75, 3.05) is 0 Å². The van der Waals surface area contributed by atoms with Gasteiger partial charge in [-0.1, -0.05) is 131 Å². The Balaban J connectivity index is 1.45. The van der Waals surface area contributed by atoms with E-state index >= 15 is 0 Å². The van der Waals surface area contributed by atoms with Crippen molar-refractivity contribution in [3.8, 4) is 33.4 Å². The number of hydrogen-bond donors (Lipinski definition) is 0. The van der Waals surface area contributed by atoms with E-state index in [1.807, 2.05) is 0 Å². The predicted molar refractivity (Wildman–Crippen MR) is 221 cm³/mol. The average Bonchev–Trinajstić information content (AvgIpc) is 3.75. The normalized spacial score (nSPS) is 17.4. The zero-order valence-corrected chi connectivity index (χ0v) is 32.6. The van der Waals surface area contributed by atoms with E-state index in [9.17, 15) is 0 Å². The maximum absolute atomic E-state index is 2.62. The van der Waals surface area contributed by atoms with Gasteiger partial charge in [0.1, 0.15) is 0 Å². The van der Waals surface area contributed by atoms with Crippen LogP contribution in [-0.4, -0.2) is 0 Å². The molecule has 0 nitrogen and oxygen atoms in total. The van der Waals surface area contributed by atoms with Crippen molar-refractivity contribution in [3.63, 3.8) is 0 Å². The lowest BCUT2D eigenvalue weighted by atomic mass is 9.72. The minimum absolute atomic E-state index is 0.285. The van der Waals surface area contributed by atoms with Gasteiger partial charge in [0, 0.05) is 11.8 Å². The Morgan fingerprint density at radius 1 is 0.471 bits per heavy atom. The summed E-state index contributed by atoms with van der Waals surface area (Å²) >= 11 is 0. The molecule has 0 heterocycles. The lowest BCUT2D eigenvalue weighted by Gasteiger charge is -2.31. The maximum Gasteiger partial charge on any atom is 0.0168 e. The number of hydrogen-bond acceptors (Lipinski definition) is 0. The standard InChI is InChI=1S/C51H54/c1-11-36-27-44-43(48(40(36)12-2)37-19-28(3)16-29(4)20-37)25-34(9)46(44)47-35(10)26-45-49(38-21-30(5)17-31(6)22-38)41-14-13-15-42(41)50(51(45)47)39-23-32(7)18-33(8)24-39/h16-27,46-47H,11-15H2,1-10H3. The first-order valence-corrected chi connectivity index (χ1v) is 19.5. The molecule has 2 unspecified atom stereocenters. The molecule has 5 aromatic carbocycles. The van der Waals surface area contributed by atoms with Crippen LogP contribution in [0.2, 0.25) is 0 Å². The summed E-state index contributed by atoms with van der Waals surface area (Å²) in [6.45, 7) is 23.1. The van der Waals surface area contributed by atoms with Crippen LogP contribution in [0.4, 0.5) is 0 Å². The number of fused-ring (bicyclic) bond motifs is 3. The lowest BCUT2D eigenvalue weighted by Crippen LogP contribution is -2.14. The zero-order chi connectivity index (χ0) is 35.9. The second-order valence-corrected chi connectivity index (χ2v) is 16.3. The molecule has 0 amide bonds. The van der Waals surface area contributed by atoms with Gasteiger partial charge < -0.3 is 0 Å². The van der Waals surface area contributed by atoms with Crippen LogP contribution in [0.15, 0.2) is 71.8 Å². The monoisotopic (exact) mass is 666 g/mol. The molecule has 0 N–H and O–H groups in total. The summed E-state index contributed by atoms with van der Waals surface area (Å²) in [7, 11) is 0. The highest BCUT2D eigenvalue weighted by atomic mass is 14.4. The van der Waals surface area contributed by atoms with E-state index in [2.05, 4.69) is 142 Å². The molecule has 51 heavy (non-hydrogen) atoms. The van der Waals surface area contributed by atoms with E-state index in [1.54, 1.807) is 16.7 Å². The van der Waals surface area contributed by atoms with E-state index < -0.39 is 0 Å². The third-order valence-electron chi connectivity index (χ3n) is 12.2. The fourth-order valence-electron chi connectivity index (χ4n) is 10.6. The van der Waals surface area contributed by atoms with Crippen molar-refractivity contribution in [2.45, 2.75) is 113 Å². The van der Waals surface area contributed by atoms with E-state index in [4.69, 9.17) is 0 Å². The number of aryl methyl sites for hydroxylation is 7. The van der Waals surface area contributed by atoms with Crippen LogP contribution in [0, 0.1) is 41.5 Å². The maximum atomic E-state index is 2.62. The van der Waals surface area contributed by atoms with Gasteiger partial charge in [-0.2, -0.15) is 0 Å². The van der Waals surface area contributed by atoms with Gasteiger partial charge >= 0.3 is 0 Å². The van der Waals surface area contributed by atoms with Crippen molar-refractivity contribution in [2.24, 2.45) is 0 Å². The highest BCUT2D eigenvalue weighted by Crippen LogP contribution is 2.59. The molecule has 2 atom stereocenters. The van der Waals surface area contributed by atoms with Crippen LogP contribution in [-0.2, 0) is 25.7 Å². The molecule has 0 saturated heterocycles. The Labute approximate surface area is 307 Å². The van der Waals surface area contributed by atoms with Crippen molar-refractivity contribution in [1.29, 1.82) is 0 Å². The fraction of sp³-hybridized carbons (Fsp3) is 0.333. The lowest BCUT2D eigenvalue weighted by molar-refractivity contribution is 0.692. The molecule has 0 aromatic heterocycles. The molecule has 8 rings (SSSR count). The molecule has 5 aromatic rings. The topological polar surface area (TPSA) is 0 Å². The van der Waals surface area contributed by atoms with Crippen LogP contribution >= 0.6 is 0 Å². The molecule has 3 aliphatic carbocycles. The first-order chi connectivity index (χ1) is 24.5. The Kier molecular flexibility index (Phi) is 8.37. The van der Waals surface area contributed by atoms with Crippen molar-refractivity contribution >= 4 is 12.2 Å². The highest BCUT2D eigenvalue weighted by Gasteiger charge is 2.42. The van der Waals surface area contributed by atoms with Crippen molar-refractivity contribution in [3.05, 3.63) is 150 Å². The quantitative estimate of drug-likeness (QED) is 0.169. The van der Waals surface area contributed by atoms with Gasteiger partial charge in [-0.15, -0.1) is 0 Å². The predicted octanol–water partition coefficient (Wildman–Crippen LogP) is 13.9. The largest absolute Gasteiger partial charge is 0.0642 e. The summed E-state index contributed by atoms with van der Waals surface area (Å²) in [4.78, 5) is 0. The van der Waals surface area contributed by atoms with Gasteiger partial charge in [-0.3, -0.25) is 0 Å². The molecule has 0 saturated carbocycles. The number of benzene rings is 5. The van der Waals surface area contributed by atoms with Gasteiger partial charge in [0.2, 0.25) is 0 Å². The van der Waals surface area contributed by atoms with Crippen LogP contribution in [0.3, 0.4) is 0 Å². The van der Waals surface area contributed by atoms with Gasteiger partial charge in [0.15, 0.2) is 0 Å². The Morgan fingerprint density at radius 2 is 0.922 bits per heavy atom. The molecule has 0 radical (unpaired) electrons. The van der Waals surface area contributed by atoms with Crippen molar-refractivity contribution < 1.29 is 0 Å². The molecule has 258 valence electrons. The van der Waals surface area contributed by atoms with Gasteiger partial charge in [-0.05, 0) is 165 Å². The Morgan fingerprint density at radius 3 is 1.43 bits per heavy atom. The van der Waals surface area contributed by atoms with E-state index in [0.717, 1.165) is 25.7 Å². The summed E-state index contributed by atoms with van der Waals surface area (Å²) in [5.74, 6) is 0.586. The van der Waals surface area contributed by atoms with E-state index in [0.29, 0.717) is 5.92 Å². The Bertz CT molecular complexity index is 2270. The minimum atomic E-state index is 0.285. The Hall–Kier alpha value is -4.42. The summed E-state index contributed by atoms with van der Waals surface area (Å²) < 4.78 is 0. The van der Waals surface area contributed by atoms with E-state index in [1.165, 1.54) is 112 Å². The molecular formula is C51H54. The van der Waals surface area contributed by atoms with Crippen molar-refractivity contribution in [1.82, 2.24) is 0 Å². The van der Waals surface area contributed by atoms with Crippen LogP contribution in [0.1, 0.15) is 124 Å². The summed E-state index contributed by atoms with van der Waals surface area (Å²) in [5, 5.41) is 0. The SMILES string of the molecule is CCc1cc2c(c(-c3cc(C)cc(C)c3)c1CC)C=C(C)C2C1C(C)=Cc2c(-c3cc(C)cc(C)c3)c3c(c(-c4cc(C)cc(C)c4)c21)CCC3. The number of rotatable bonds is 6. The molecule has 3 aliphatic rings. The van der Waals surface area contributed by atoms with Gasteiger partial charge in [-0.25, -0.2) is 0 Å². The van der Waals surface area contributed by atoms with Gasteiger partial charge in [0.05, 0.1) is 0 Å².